The number of benzene rings is 1. The van der Waals surface area contributed by atoms with E-state index in [2.05, 4.69) is 21.9 Å². The molecule has 0 atom stereocenters. The maximum Gasteiger partial charge on any atom is 0.142 e. The fourth-order valence-electron chi connectivity index (χ4n) is 3.40. The molecule has 3 aliphatic rings. The van der Waals surface area contributed by atoms with E-state index in [9.17, 15) is 0 Å². The summed E-state index contributed by atoms with van der Waals surface area (Å²) in [4.78, 5) is 5.10. The van der Waals surface area contributed by atoms with Crippen LogP contribution in [0.2, 0.25) is 0 Å². The smallest absolute Gasteiger partial charge is 0.142 e. The van der Waals surface area contributed by atoms with Crippen LogP contribution in [-0.2, 0) is 0 Å². The van der Waals surface area contributed by atoms with Crippen molar-refractivity contribution in [3.05, 3.63) is 18.2 Å². The highest BCUT2D eigenvalue weighted by atomic mass is 16.5. The normalized spacial score (nSPS) is 23.9. The molecule has 0 radical (unpaired) electrons. The first kappa shape index (κ1) is 13.3. The van der Waals surface area contributed by atoms with Crippen LogP contribution in [-0.4, -0.2) is 43.2 Å². The van der Waals surface area contributed by atoms with Gasteiger partial charge in [0.25, 0.3) is 0 Å². The van der Waals surface area contributed by atoms with E-state index in [1.54, 1.807) is 0 Å². The quantitative estimate of drug-likeness (QED) is 0.864. The van der Waals surface area contributed by atoms with Gasteiger partial charge in [0, 0.05) is 24.8 Å². The van der Waals surface area contributed by atoms with Gasteiger partial charge in [-0.1, -0.05) is 0 Å². The molecule has 1 aromatic carbocycles. The molecule has 0 spiro atoms. The summed E-state index contributed by atoms with van der Waals surface area (Å²) in [5.41, 5.74) is 8.18. The third-order valence-electron chi connectivity index (χ3n) is 5.05. The number of piperidine rings is 1. The third kappa shape index (κ3) is 2.82. The lowest BCUT2D eigenvalue weighted by atomic mass is 9.99. The Morgan fingerprint density at radius 2 is 1.76 bits per heavy atom. The van der Waals surface area contributed by atoms with Gasteiger partial charge in [0.2, 0.25) is 0 Å². The molecular formula is C17H25N3O. The van der Waals surface area contributed by atoms with Gasteiger partial charge in [-0.2, -0.15) is 0 Å². The largest absolute Gasteiger partial charge is 0.488 e. The van der Waals surface area contributed by atoms with Gasteiger partial charge in [0.1, 0.15) is 5.75 Å². The standard InChI is InChI=1S/C17H25N3O/c18-16-12-14(2-5-17(16)21-15-3-4-15)20-10-6-13(7-11-20)19-8-1-9-19/h2,5,12-13,15H,1,3-4,6-11,18H2. The van der Waals surface area contributed by atoms with Crippen LogP contribution in [0, 0.1) is 0 Å². The summed E-state index contributed by atoms with van der Waals surface area (Å²) in [5, 5.41) is 0. The molecule has 0 bridgehead atoms. The van der Waals surface area contributed by atoms with Gasteiger partial charge in [-0.3, -0.25) is 0 Å². The predicted octanol–water partition coefficient (Wildman–Crippen LogP) is 2.48. The van der Waals surface area contributed by atoms with Crippen LogP contribution in [0.15, 0.2) is 18.2 Å². The van der Waals surface area contributed by atoms with E-state index >= 15 is 0 Å². The predicted molar refractivity (Wildman–Crippen MR) is 85.9 cm³/mol. The fourth-order valence-corrected chi connectivity index (χ4v) is 3.40. The van der Waals surface area contributed by atoms with Crippen LogP contribution >= 0.6 is 0 Å². The molecule has 0 aromatic heterocycles. The molecule has 0 unspecified atom stereocenters. The molecule has 2 heterocycles. The Morgan fingerprint density at radius 1 is 1.00 bits per heavy atom. The summed E-state index contributed by atoms with van der Waals surface area (Å²) < 4.78 is 5.82. The number of likely N-dealkylation sites (tertiary alicyclic amines) is 1. The van der Waals surface area contributed by atoms with Gasteiger partial charge in [-0.15, -0.1) is 0 Å². The summed E-state index contributed by atoms with van der Waals surface area (Å²) in [7, 11) is 0. The number of hydrogen-bond donors (Lipinski definition) is 1. The molecule has 1 aromatic rings. The molecule has 2 N–H and O–H groups in total. The second-order valence-corrected chi connectivity index (χ2v) is 6.65. The topological polar surface area (TPSA) is 41.7 Å². The summed E-state index contributed by atoms with van der Waals surface area (Å²) in [6.45, 7) is 4.91. The van der Waals surface area contributed by atoms with Crippen LogP contribution < -0.4 is 15.4 Å². The summed E-state index contributed by atoms with van der Waals surface area (Å²) >= 11 is 0. The molecule has 4 rings (SSSR count). The molecule has 2 saturated heterocycles. The molecule has 114 valence electrons. The molecular weight excluding hydrogens is 262 g/mol. The first-order chi connectivity index (χ1) is 10.3. The van der Waals surface area contributed by atoms with E-state index in [-0.39, 0.29) is 0 Å². The van der Waals surface area contributed by atoms with Crippen molar-refractivity contribution in [2.75, 3.05) is 36.8 Å². The Labute approximate surface area is 126 Å². The van der Waals surface area contributed by atoms with Gasteiger partial charge < -0.3 is 20.3 Å². The summed E-state index contributed by atoms with van der Waals surface area (Å²) in [6.07, 6.45) is 6.70. The fraction of sp³-hybridized carbons (Fsp3) is 0.647. The van der Waals surface area contributed by atoms with Crippen molar-refractivity contribution in [3.63, 3.8) is 0 Å². The minimum atomic E-state index is 0.408. The summed E-state index contributed by atoms with van der Waals surface area (Å²) in [5.74, 6) is 0.858. The van der Waals surface area contributed by atoms with E-state index in [1.807, 2.05) is 6.07 Å². The molecule has 4 heteroatoms. The molecule has 2 aliphatic heterocycles. The maximum atomic E-state index is 6.15. The zero-order valence-corrected chi connectivity index (χ0v) is 12.6. The van der Waals surface area contributed by atoms with E-state index in [4.69, 9.17) is 10.5 Å². The Morgan fingerprint density at radius 3 is 2.33 bits per heavy atom. The van der Waals surface area contributed by atoms with Crippen molar-refractivity contribution in [1.82, 2.24) is 4.90 Å². The summed E-state index contributed by atoms with van der Waals surface area (Å²) in [6, 6.07) is 7.11. The van der Waals surface area contributed by atoms with E-state index in [0.29, 0.717) is 6.10 Å². The van der Waals surface area contributed by atoms with E-state index in [1.165, 1.54) is 50.9 Å². The van der Waals surface area contributed by atoms with Crippen molar-refractivity contribution in [1.29, 1.82) is 0 Å². The lowest BCUT2D eigenvalue weighted by molar-refractivity contribution is 0.100. The first-order valence-electron chi connectivity index (χ1n) is 8.35. The van der Waals surface area contributed by atoms with Crippen molar-refractivity contribution < 1.29 is 4.74 Å². The highest BCUT2D eigenvalue weighted by Gasteiger charge is 2.28. The average molecular weight is 287 g/mol. The van der Waals surface area contributed by atoms with Crippen LogP contribution in [0.4, 0.5) is 11.4 Å². The van der Waals surface area contributed by atoms with Gasteiger partial charge in [-0.05, 0) is 63.4 Å². The lowest BCUT2D eigenvalue weighted by Crippen LogP contribution is -2.50. The molecule has 21 heavy (non-hydrogen) atoms. The SMILES string of the molecule is Nc1cc(N2CCC(N3CCC3)CC2)ccc1OC1CC1. The molecule has 1 saturated carbocycles. The van der Waals surface area contributed by atoms with Crippen molar-refractivity contribution in [2.24, 2.45) is 0 Å². The number of nitrogens with two attached hydrogens (primary N) is 1. The number of hydrogen-bond acceptors (Lipinski definition) is 4. The minimum absolute atomic E-state index is 0.408. The van der Waals surface area contributed by atoms with Gasteiger partial charge in [0.15, 0.2) is 0 Å². The molecule has 1 aliphatic carbocycles. The Hall–Kier alpha value is -1.42. The van der Waals surface area contributed by atoms with Crippen LogP contribution in [0.3, 0.4) is 0 Å². The molecule has 3 fully saturated rings. The van der Waals surface area contributed by atoms with E-state index in [0.717, 1.165) is 30.6 Å². The van der Waals surface area contributed by atoms with Crippen LogP contribution in [0.1, 0.15) is 32.1 Å². The van der Waals surface area contributed by atoms with Crippen molar-refractivity contribution >= 4 is 11.4 Å². The lowest BCUT2D eigenvalue weighted by Gasteiger charge is -2.43. The Bertz CT molecular complexity index is 503. The number of anilines is 2. The zero-order valence-electron chi connectivity index (χ0n) is 12.6. The highest BCUT2D eigenvalue weighted by Crippen LogP contribution is 2.34. The number of rotatable bonds is 4. The van der Waals surface area contributed by atoms with Crippen LogP contribution in [0.5, 0.6) is 5.75 Å². The van der Waals surface area contributed by atoms with Gasteiger partial charge in [0.05, 0.1) is 11.8 Å². The Balaban J connectivity index is 1.38. The zero-order chi connectivity index (χ0) is 14.2. The molecule has 4 nitrogen and oxygen atoms in total. The highest BCUT2D eigenvalue weighted by molar-refractivity contribution is 5.63. The van der Waals surface area contributed by atoms with Gasteiger partial charge >= 0.3 is 0 Å². The second kappa shape index (κ2) is 5.41. The van der Waals surface area contributed by atoms with Crippen molar-refractivity contribution in [3.8, 4) is 5.75 Å². The molecule has 0 amide bonds. The first-order valence-corrected chi connectivity index (χ1v) is 8.35. The second-order valence-electron chi connectivity index (χ2n) is 6.65. The van der Waals surface area contributed by atoms with Crippen molar-refractivity contribution in [2.45, 2.75) is 44.2 Å². The monoisotopic (exact) mass is 287 g/mol. The third-order valence-corrected chi connectivity index (χ3v) is 5.05. The average Bonchev–Trinajstić information content (AvgIpc) is 3.24. The van der Waals surface area contributed by atoms with Crippen LogP contribution in [0.25, 0.3) is 0 Å². The number of nitrogens with zero attached hydrogens (tertiary/aromatic N) is 2. The number of ether oxygens (including phenoxy) is 1. The van der Waals surface area contributed by atoms with E-state index < -0.39 is 0 Å². The minimum Gasteiger partial charge on any atom is -0.488 e. The Kier molecular flexibility index (Phi) is 3.42. The number of nitrogen functional groups attached to an aromatic ring is 1. The maximum absolute atomic E-state index is 6.15. The van der Waals surface area contributed by atoms with Gasteiger partial charge in [-0.25, -0.2) is 0 Å².